The first-order valence-electron chi connectivity index (χ1n) is 9.14. The van der Waals surface area contributed by atoms with Crippen LogP contribution in [-0.2, 0) is 9.59 Å². The van der Waals surface area contributed by atoms with E-state index in [9.17, 15) is 14.4 Å². The SMILES string of the molecule is CN=C(NCCC(=O)NC(C)C)N1CCC(C2(C)NC(=O)NC2=O)CC1.I. The average Bonchev–Trinajstić information content (AvgIpc) is 2.84. The molecule has 2 aliphatic heterocycles. The minimum atomic E-state index is -0.838. The normalized spacial score (nSPS) is 23.6. The molecule has 4 amide bonds. The molecule has 9 nitrogen and oxygen atoms in total. The summed E-state index contributed by atoms with van der Waals surface area (Å²) in [6, 6.07) is -0.285. The van der Waals surface area contributed by atoms with E-state index in [-0.39, 0.29) is 47.8 Å². The number of halogens is 1. The molecule has 2 saturated heterocycles. The van der Waals surface area contributed by atoms with Gasteiger partial charge in [0.1, 0.15) is 5.54 Å². The Labute approximate surface area is 177 Å². The molecule has 0 saturated carbocycles. The number of nitrogens with one attached hydrogen (secondary N) is 4. The van der Waals surface area contributed by atoms with E-state index in [0.717, 1.165) is 31.9 Å². The van der Waals surface area contributed by atoms with Crippen LogP contribution in [0.2, 0.25) is 0 Å². The van der Waals surface area contributed by atoms with E-state index in [2.05, 4.69) is 31.2 Å². The molecular weight excluding hydrogens is 463 g/mol. The molecule has 4 N–H and O–H groups in total. The second kappa shape index (κ2) is 10.1. The van der Waals surface area contributed by atoms with Crippen molar-refractivity contribution in [2.24, 2.45) is 10.9 Å². The number of aliphatic imine (C=N–C) groups is 1. The van der Waals surface area contributed by atoms with E-state index in [4.69, 9.17) is 0 Å². The van der Waals surface area contributed by atoms with E-state index in [1.54, 1.807) is 14.0 Å². The number of rotatable bonds is 5. The van der Waals surface area contributed by atoms with Crippen molar-refractivity contribution in [3.8, 4) is 0 Å². The number of urea groups is 1. The molecule has 10 heteroatoms. The van der Waals surface area contributed by atoms with Gasteiger partial charge in [0.25, 0.3) is 5.91 Å². The van der Waals surface area contributed by atoms with Gasteiger partial charge in [0.2, 0.25) is 5.91 Å². The lowest BCUT2D eigenvalue weighted by Gasteiger charge is -2.39. The number of nitrogens with zero attached hydrogens (tertiary/aromatic N) is 2. The fourth-order valence-corrected chi connectivity index (χ4v) is 3.53. The van der Waals surface area contributed by atoms with Gasteiger partial charge < -0.3 is 20.9 Å². The van der Waals surface area contributed by atoms with Gasteiger partial charge in [0, 0.05) is 39.1 Å². The Morgan fingerprint density at radius 1 is 1.33 bits per heavy atom. The zero-order valence-corrected chi connectivity index (χ0v) is 18.8. The summed E-state index contributed by atoms with van der Waals surface area (Å²) in [7, 11) is 1.72. The maximum absolute atomic E-state index is 12.1. The van der Waals surface area contributed by atoms with Crippen LogP contribution >= 0.6 is 24.0 Å². The first kappa shape index (κ1) is 23.4. The van der Waals surface area contributed by atoms with Crippen molar-refractivity contribution in [2.45, 2.75) is 51.6 Å². The number of likely N-dealkylation sites (tertiary alicyclic amines) is 1. The van der Waals surface area contributed by atoms with E-state index in [1.165, 1.54) is 0 Å². The Morgan fingerprint density at radius 3 is 2.44 bits per heavy atom. The summed E-state index contributed by atoms with van der Waals surface area (Å²) in [5.74, 6) is 0.600. The maximum Gasteiger partial charge on any atom is 0.322 e. The standard InChI is InChI=1S/C17H30N6O3.HI/c1-11(2)20-13(24)5-8-19-15(18-4)23-9-6-12(7-10-23)17(3)14(25)21-16(26)22-17;/h11-12H,5-10H2,1-4H3,(H,18,19)(H,20,24)(H2,21,22,25,26);1H. The molecule has 2 heterocycles. The van der Waals surface area contributed by atoms with Crippen LogP contribution in [0.3, 0.4) is 0 Å². The van der Waals surface area contributed by atoms with Crippen LogP contribution in [0.5, 0.6) is 0 Å². The number of piperidine rings is 1. The second-order valence-corrected chi connectivity index (χ2v) is 7.32. The summed E-state index contributed by atoms with van der Waals surface area (Å²) in [6.45, 7) is 7.64. The van der Waals surface area contributed by atoms with E-state index in [1.807, 2.05) is 13.8 Å². The number of guanidine groups is 1. The zero-order chi connectivity index (χ0) is 19.3. The van der Waals surface area contributed by atoms with Gasteiger partial charge in [0.05, 0.1) is 0 Å². The average molecular weight is 494 g/mol. The van der Waals surface area contributed by atoms with E-state index < -0.39 is 11.6 Å². The molecule has 154 valence electrons. The van der Waals surface area contributed by atoms with Crippen LogP contribution in [0.15, 0.2) is 4.99 Å². The fourth-order valence-electron chi connectivity index (χ4n) is 3.53. The highest BCUT2D eigenvalue weighted by Crippen LogP contribution is 2.30. The van der Waals surface area contributed by atoms with Gasteiger partial charge >= 0.3 is 6.03 Å². The predicted molar refractivity (Wildman–Crippen MR) is 114 cm³/mol. The summed E-state index contributed by atoms with van der Waals surface area (Å²) >= 11 is 0. The summed E-state index contributed by atoms with van der Waals surface area (Å²) in [4.78, 5) is 41.6. The number of hydrogen-bond acceptors (Lipinski definition) is 4. The van der Waals surface area contributed by atoms with Gasteiger partial charge in [-0.2, -0.15) is 0 Å². The van der Waals surface area contributed by atoms with Crippen LogP contribution in [-0.4, -0.2) is 67.0 Å². The number of carbonyl (C=O) groups is 3. The van der Waals surface area contributed by atoms with E-state index in [0.29, 0.717) is 13.0 Å². The summed E-state index contributed by atoms with van der Waals surface area (Å²) in [6.07, 6.45) is 1.94. The molecule has 0 spiro atoms. The molecular formula is C17H31IN6O3. The van der Waals surface area contributed by atoms with Gasteiger partial charge in [-0.25, -0.2) is 4.79 Å². The Bertz CT molecular complexity index is 589. The summed E-state index contributed by atoms with van der Waals surface area (Å²) < 4.78 is 0. The van der Waals surface area contributed by atoms with Crippen molar-refractivity contribution in [2.75, 3.05) is 26.7 Å². The van der Waals surface area contributed by atoms with Gasteiger partial charge in [0.15, 0.2) is 5.96 Å². The van der Waals surface area contributed by atoms with Crippen molar-refractivity contribution in [3.05, 3.63) is 0 Å². The fraction of sp³-hybridized carbons (Fsp3) is 0.765. The second-order valence-electron chi connectivity index (χ2n) is 7.32. The number of carbonyl (C=O) groups excluding carboxylic acids is 3. The van der Waals surface area contributed by atoms with Crippen molar-refractivity contribution in [1.82, 2.24) is 26.2 Å². The Kier molecular flexibility index (Phi) is 8.76. The quantitative estimate of drug-likeness (QED) is 0.191. The molecule has 0 aliphatic carbocycles. The highest BCUT2D eigenvalue weighted by molar-refractivity contribution is 14.0. The van der Waals surface area contributed by atoms with Crippen LogP contribution in [0.1, 0.15) is 40.0 Å². The highest BCUT2D eigenvalue weighted by atomic mass is 127. The van der Waals surface area contributed by atoms with Crippen LogP contribution in [0.4, 0.5) is 4.79 Å². The van der Waals surface area contributed by atoms with Crippen molar-refractivity contribution >= 4 is 47.8 Å². The Balaban J connectivity index is 0.00000364. The zero-order valence-electron chi connectivity index (χ0n) is 16.4. The Morgan fingerprint density at radius 2 is 1.96 bits per heavy atom. The van der Waals surface area contributed by atoms with Crippen LogP contribution in [0, 0.1) is 5.92 Å². The van der Waals surface area contributed by atoms with Gasteiger partial charge in [-0.05, 0) is 39.5 Å². The molecule has 0 radical (unpaired) electrons. The van der Waals surface area contributed by atoms with Gasteiger partial charge in [-0.15, -0.1) is 24.0 Å². The topological polar surface area (TPSA) is 115 Å². The third-order valence-corrected chi connectivity index (χ3v) is 4.98. The monoisotopic (exact) mass is 494 g/mol. The lowest BCUT2D eigenvalue weighted by Crippen LogP contribution is -2.55. The predicted octanol–water partition coefficient (Wildman–Crippen LogP) is 0.405. The molecule has 27 heavy (non-hydrogen) atoms. The molecule has 1 unspecified atom stereocenters. The van der Waals surface area contributed by atoms with Crippen molar-refractivity contribution in [1.29, 1.82) is 0 Å². The summed E-state index contributed by atoms with van der Waals surface area (Å²) in [5.41, 5.74) is -0.838. The highest BCUT2D eigenvalue weighted by Gasteiger charge is 2.48. The Hall–Kier alpha value is -1.59. The largest absolute Gasteiger partial charge is 0.356 e. The van der Waals surface area contributed by atoms with Gasteiger partial charge in [-0.3, -0.25) is 19.9 Å². The number of amides is 4. The summed E-state index contributed by atoms with van der Waals surface area (Å²) in [5, 5.41) is 11.2. The molecule has 0 aromatic heterocycles. The van der Waals surface area contributed by atoms with Crippen molar-refractivity contribution < 1.29 is 14.4 Å². The molecule has 0 aromatic rings. The lowest BCUT2D eigenvalue weighted by atomic mass is 9.79. The van der Waals surface area contributed by atoms with Crippen molar-refractivity contribution in [3.63, 3.8) is 0 Å². The minimum Gasteiger partial charge on any atom is -0.356 e. The molecule has 2 aliphatic rings. The lowest BCUT2D eigenvalue weighted by molar-refractivity contribution is -0.125. The number of hydrogen-bond donors (Lipinski definition) is 4. The van der Waals surface area contributed by atoms with Crippen LogP contribution in [0.25, 0.3) is 0 Å². The van der Waals surface area contributed by atoms with Gasteiger partial charge in [-0.1, -0.05) is 0 Å². The molecule has 2 rings (SSSR count). The first-order chi connectivity index (χ1) is 12.3. The molecule has 1 atom stereocenters. The molecule has 0 bridgehead atoms. The third kappa shape index (κ3) is 5.94. The third-order valence-electron chi connectivity index (χ3n) is 4.98. The van der Waals surface area contributed by atoms with E-state index >= 15 is 0 Å². The molecule has 2 fully saturated rings. The number of imide groups is 1. The minimum absolute atomic E-state index is 0. The van der Waals surface area contributed by atoms with Crippen LogP contribution < -0.4 is 21.3 Å². The maximum atomic E-state index is 12.1. The molecule has 0 aromatic carbocycles. The first-order valence-corrected chi connectivity index (χ1v) is 9.14. The smallest absolute Gasteiger partial charge is 0.322 e.